The summed E-state index contributed by atoms with van der Waals surface area (Å²) in [6.45, 7) is 8.22. The number of amides is 1. The third kappa shape index (κ3) is 5.88. The van der Waals surface area contributed by atoms with Crippen molar-refractivity contribution >= 4 is 29.3 Å². The van der Waals surface area contributed by atoms with Crippen molar-refractivity contribution in [2.45, 2.75) is 38.5 Å². The molecule has 1 heterocycles. The molecule has 2 aromatic carbocycles. The van der Waals surface area contributed by atoms with Crippen molar-refractivity contribution in [1.82, 2.24) is 9.80 Å². The fourth-order valence-electron chi connectivity index (χ4n) is 3.68. The number of carbonyl (C=O) groups is 1. The monoisotopic (exact) mass is 449 g/mol. The van der Waals surface area contributed by atoms with Crippen molar-refractivity contribution in [3.8, 4) is 0 Å². The van der Waals surface area contributed by atoms with Crippen LogP contribution in [0, 0.1) is 0 Å². The molecule has 1 amide bonds. The Morgan fingerprint density at radius 2 is 1.37 bits per heavy atom. The van der Waals surface area contributed by atoms with E-state index in [1.165, 1.54) is 0 Å². The molecule has 2 aromatic rings. The second-order valence-corrected chi connectivity index (χ2v) is 9.45. The summed E-state index contributed by atoms with van der Waals surface area (Å²) in [6.07, 6.45) is -0.271. The van der Waals surface area contributed by atoms with Gasteiger partial charge in [-0.1, -0.05) is 47.5 Å². The van der Waals surface area contributed by atoms with Crippen LogP contribution in [-0.4, -0.2) is 47.7 Å². The maximum absolute atomic E-state index is 12.4. The average Bonchev–Trinajstić information content (AvgIpc) is 2.69. The predicted octanol–water partition coefficient (Wildman–Crippen LogP) is 5.29. The third-order valence-electron chi connectivity index (χ3n) is 5.17. The molecule has 0 saturated carbocycles. The normalized spacial score (nSPS) is 17.5. The summed E-state index contributed by atoms with van der Waals surface area (Å²) in [4.78, 5) is 16.5. The average molecular weight is 450 g/mol. The molecule has 0 radical (unpaired) electrons. The van der Waals surface area contributed by atoms with Crippen LogP contribution in [0.15, 0.2) is 48.5 Å². The first kappa shape index (κ1) is 22.9. The lowest BCUT2D eigenvalue weighted by molar-refractivity contribution is 0.00872. The number of carbonyl (C=O) groups excluding carboxylic acids is 1. The molecule has 7 heteroatoms. The number of benzene rings is 2. The first-order valence-corrected chi connectivity index (χ1v) is 10.9. The fourth-order valence-corrected chi connectivity index (χ4v) is 3.93. The molecule has 0 spiro atoms. The molecule has 0 unspecified atom stereocenters. The van der Waals surface area contributed by atoms with Crippen LogP contribution < -0.4 is 5.73 Å². The zero-order chi connectivity index (χ0) is 21.9. The van der Waals surface area contributed by atoms with Crippen molar-refractivity contribution in [1.29, 1.82) is 0 Å². The number of nitrogens with two attached hydrogens (primary N) is 1. The van der Waals surface area contributed by atoms with Gasteiger partial charge in [-0.3, -0.25) is 4.90 Å². The summed E-state index contributed by atoms with van der Waals surface area (Å²) >= 11 is 12.2. The molecule has 1 aliphatic heterocycles. The van der Waals surface area contributed by atoms with Gasteiger partial charge >= 0.3 is 6.09 Å². The van der Waals surface area contributed by atoms with E-state index in [9.17, 15) is 4.79 Å². The van der Waals surface area contributed by atoms with E-state index in [0.717, 1.165) is 11.1 Å². The van der Waals surface area contributed by atoms with E-state index in [0.29, 0.717) is 36.2 Å². The molecule has 1 aliphatic rings. The molecule has 2 N–H and O–H groups in total. The SMILES string of the molecule is CC(C)(C)OC(=O)N1CCN([C@H](c2ccc(Cl)cc2)[C@@H](N)c2ccc(Cl)cc2)CC1. The van der Waals surface area contributed by atoms with Crippen LogP contribution in [0.5, 0.6) is 0 Å². The summed E-state index contributed by atoms with van der Waals surface area (Å²) in [5.41, 5.74) is 8.34. The number of nitrogens with zero attached hydrogens (tertiary/aromatic N) is 2. The van der Waals surface area contributed by atoms with Gasteiger partial charge < -0.3 is 15.4 Å². The third-order valence-corrected chi connectivity index (χ3v) is 5.67. The first-order valence-electron chi connectivity index (χ1n) is 10.1. The number of hydrogen-bond donors (Lipinski definition) is 1. The number of rotatable bonds is 4. The van der Waals surface area contributed by atoms with E-state index in [2.05, 4.69) is 4.90 Å². The minimum Gasteiger partial charge on any atom is -0.444 e. The van der Waals surface area contributed by atoms with E-state index in [1.807, 2.05) is 69.3 Å². The molecule has 1 fully saturated rings. The molecule has 30 heavy (non-hydrogen) atoms. The lowest BCUT2D eigenvalue weighted by atomic mass is 9.92. The minimum atomic E-state index is -0.503. The van der Waals surface area contributed by atoms with Crippen LogP contribution in [0.3, 0.4) is 0 Å². The lowest BCUT2D eigenvalue weighted by Crippen LogP contribution is -2.52. The zero-order valence-electron chi connectivity index (χ0n) is 17.6. The molecule has 3 rings (SSSR count). The standard InChI is InChI=1S/C23H29Cl2N3O2/c1-23(2,3)30-22(29)28-14-12-27(13-15-28)21(17-6-10-19(25)11-7-17)20(26)16-4-8-18(24)9-5-16/h4-11,20-21H,12-15,26H2,1-3H3/t20-,21+/m0/s1. The highest BCUT2D eigenvalue weighted by Crippen LogP contribution is 2.34. The summed E-state index contributed by atoms with van der Waals surface area (Å²) in [6, 6.07) is 15.1. The molecular formula is C23H29Cl2N3O2. The second-order valence-electron chi connectivity index (χ2n) is 8.58. The molecule has 0 bridgehead atoms. The number of halogens is 2. The van der Waals surface area contributed by atoms with Gasteiger partial charge in [0.1, 0.15) is 5.60 Å². The Bertz CT molecular complexity index is 842. The summed E-state index contributed by atoms with van der Waals surface area (Å²) in [7, 11) is 0. The highest BCUT2D eigenvalue weighted by atomic mass is 35.5. The smallest absolute Gasteiger partial charge is 0.410 e. The van der Waals surface area contributed by atoms with Gasteiger partial charge in [0, 0.05) is 42.3 Å². The fraction of sp³-hybridized carbons (Fsp3) is 0.435. The van der Waals surface area contributed by atoms with Gasteiger partial charge in [0.15, 0.2) is 0 Å². The van der Waals surface area contributed by atoms with Gasteiger partial charge in [-0.15, -0.1) is 0 Å². The van der Waals surface area contributed by atoms with E-state index in [1.54, 1.807) is 4.90 Å². The van der Waals surface area contributed by atoms with Crippen molar-refractivity contribution < 1.29 is 9.53 Å². The molecular weight excluding hydrogens is 421 g/mol. The van der Waals surface area contributed by atoms with Gasteiger partial charge in [0.2, 0.25) is 0 Å². The Morgan fingerprint density at radius 3 is 1.83 bits per heavy atom. The quantitative estimate of drug-likeness (QED) is 0.688. The van der Waals surface area contributed by atoms with Crippen LogP contribution >= 0.6 is 23.2 Å². The van der Waals surface area contributed by atoms with Gasteiger partial charge in [-0.05, 0) is 56.2 Å². The van der Waals surface area contributed by atoms with Gasteiger partial charge in [-0.25, -0.2) is 4.79 Å². The summed E-state index contributed by atoms with van der Waals surface area (Å²) in [5.74, 6) is 0. The molecule has 5 nitrogen and oxygen atoms in total. The summed E-state index contributed by atoms with van der Waals surface area (Å²) < 4.78 is 5.52. The van der Waals surface area contributed by atoms with Gasteiger partial charge in [-0.2, -0.15) is 0 Å². The topological polar surface area (TPSA) is 58.8 Å². The highest BCUT2D eigenvalue weighted by Gasteiger charge is 2.33. The Balaban J connectivity index is 1.79. The Labute approximate surface area is 188 Å². The largest absolute Gasteiger partial charge is 0.444 e. The second kappa shape index (κ2) is 9.56. The number of ether oxygens (including phenoxy) is 1. The molecule has 0 aromatic heterocycles. The number of piperazine rings is 1. The Kier molecular flexibility index (Phi) is 7.30. The Hall–Kier alpha value is -1.79. The number of hydrogen-bond acceptors (Lipinski definition) is 4. The van der Waals surface area contributed by atoms with Crippen LogP contribution in [-0.2, 0) is 4.74 Å². The van der Waals surface area contributed by atoms with Crippen LogP contribution in [0.2, 0.25) is 10.0 Å². The maximum atomic E-state index is 12.4. The van der Waals surface area contributed by atoms with E-state index < -0.39 is 5.60 Å². The summed E-state index contributed by atoms with van der Waals surface area (Å²) in [5, 5.41) is 1.37. The molecule has 0 aliphatic carbocycles. The van der Waals surface area contributed by atoms with Crippen LogP contribution in [0.25, 0.3) is 0 Å². The van der Waals surface area contributed by atoms with Crippen LogP contribution in [0.4, 0.5) is 4.79 Å². The van der Waals surface area contributed by atoms with E-state index in [-0.39, 0.29) is 18.2 Å². The minimum absolute atomic E-state index is 0.0516. The van der Waals surface area contributed by atoms with E-state index in [4.69, 9.17) is 33.7 Å². The van der Waals surface area contributed by atoms with Crippen molar-refractivity contribution in [2.24, 2.45) is 5.73 Å². The zero-order valence-corrected chi connectivity index (χ0v) is 19.2. The Morgan fingerprint density at radius 1 is 0.900 bits per heavy atom. The van der Waals surface area contributed by atoms with Crippen molar-refractivity contribution in [2.75, 3.05) is 26.2 Å². The predicted molar refractivity (Wildman–Crippen MR) is 122 cm³/mol. The maximum Gasteiger partial charge on any atom is 0.410 e. The molecule has 2 atom stereocenters. The van der Waals surface area contributed by atoms with Gasteiger partial charge in [0.05, 0.1) is 6.04 Å². The van der Waals surface area contributed by atoms with Crippen molar-refractivity contribution in [3.63, 3.8) is 0 Å². The first-order chi connectivity index (χ1) is 14.1. The van der Waals surface area contributed by atoms with Gasteiger partial charge in [0.25, 0.3) is 0 Å². The van der Waals surface area contributed by atoms with Crippen LogP contribution in [0.1, 0.15) is 44.0 Å². The van der Waals surface area contributed by atoms with E-state index >= 15 is 0 Å². The van der Waals surface area contributed by atoms with Crippen molar-refractivity contribution in [3.05, 3.63) is 69.7 Å². The molecule has 162 valence electrons. The lowest BCUT2D eigenvalue weighted by Gasteiger charge is -2.42. The highest BCUT2D eigenvalue weighted by molar-refractivity contribution is 6.30. The molecule has 1 saturated heterocycles.